The van der Waals surface area contributed by atoms with Gasteiger partial charge in [0.15, 0.2) is 9.84 Å². The largest absolute Gasteiger partial charge is 0.504 e. The molecule has 0 aromatic rings. The topological polar surface area (TPSA) is 43.4 Å². The second-order valence-corrected chi connectivity index (χ2v) is 6.70. The van der Waals surface area contributed by atoms with Crippen LogP contribution in [0, 0.1) is 0 Å². The lowest BCUT2D eigenvalue weighted by Gasteiger charge is -2.35. The molecule has 2 atom stereocenters. The summed E-state index contributed by atoms with van der Waals surface area (Å²) in [5.74, 6) is 0. The highest BCUT2D eigenvalue weighted by molar-refractivity contribution is 7.92. The molecule has 2 heterocycles. The summed E-state index contributed by atoms with van der Waals surface area (Å²) in [7, 11) is -1.20. The Bertz CT molecular complexity index is 320. The maximum Gasteiger partial charge on any atom is 0.156 e. The molecular weight excluding hydrogens is 200 g/mol. The Hall–Kier alpha value is -0.510. The van der Waals surface area contributed by atoms with Gasteiger partial charge < -0.3 is 4.74 Å². The van der Waals surface area contributed by atoms with Gasteiger partial charge in [-0.3, -0.25) is 0 Å². The average molecular weight is 216 g/mol. The molecule has 0 aliphatic carbocycles. The molecule has 2 aliphatic rings. The number of sulfone groups is 1. The van der Waals surface area contributed by atoms with Crippen molar-refractivity contribution in [1.29, 1.82) is 0 Å². The van der Waals surface area contributed by atoms with Crippen LogP contribution in [0.3, 0.4) is 0 Å². The first-order chi connectivity index (χ1) is 6.64. The van der Waals surface area contributed by atoms with Crippen LogP contribution in [0.1, 0.15) is 32.1 Å². The van der Waals surface area contributed by atoms with Crippen LogP contribution < -0.4 is 0 Å². The minimum absolute atomic E-state index is 0.128. The van der Waals surface area contributed by atoms with E-state index in [2.05, 4.69) is 0 Å². The zero-order chi connectivity index (χ0) is 10.2. The first-order valence-electron chi connectivity index (χ1n) is 5.08. The van der Waals surface area contributed by atoms with E-state index in [1.165, 1.54) is 0 Å². The summed E-state index contributed by atoms with van der Waals surface area (Å²) >= 11 is 0. The molecule has 3 nitrogen and oxygen atoms in total. The smallest absolute Gasteiger partial charge is 0.156 e. The Morgan fingerprint density at radius 3 is 2.36 bits per heavy atom. The van der Waals surface area contributed by atoms with Gasteiger partial charge in [0.25, 0.3) is 0 Å². The van der Waals surface area contributed by atoms with E-state index >= 15 is 0 Å². The monoisotopic (exact) mass is 216 g/mol. The Kier molecular flexibility index (Phi) is 2.56. The van der Waals surface area contributed by atoms with Crippen molar-refractivity contribution in [2.24, 2.45) is 0 Å². The molecule has 0 aromatic heterocycles. The van der Waals surface area contributed by atoms with E-state index in [-0.39, 0.29) is 10.5 Å². The molecule has 0 aromatic carbocycles. The predicted molar refractivity (Wildman–Crippen MR) is 54.7 cm³/mol. The normalized spacial score (nSPS) is 35.1. The Labute approximate surface area is 85.1 Å². The summed E-state index contributed by atoms with van der Waals surface area (Å²) in [6.07, 6.45) is 5.83. The van der Waals surface area contributed by atoms with Gasteiger partial charge in [0.05, 0.1) is 23.9 Å². The van der Waals surface area contributed by atoms with Crippen LogP contribution in [0.2, 0.25) is 0 Å². The van der Waals surface area contributed by atoms with Crippen molar-refractivity contribution in [2.45, 2.75) is 42.6 Å². The van der Waals surface area contributed by atoms with Crippen molar-refractivity contribution in [3.63, 3.8) is 0 Å². The van der Waals surface area contributed by atoms with E-state index in [0.29, 0.717) is 12.8 Å². The molecule has 0 saturated carbocycles. The molecule has 2 aliphatic heterocycles. The van der Waals surface area contributed by atoms with E-state index in [0.717, 1.165) is 24.8 Å². The van der Waals surface area contributed by atoms with Crippen LogP contribution in [0.25, 0.3) is 0 Å². The fourth-order valence-electron chi connectivity index (χ4n) is 2.54. The Balaban J connectivity index is 2.25. The van der Waals surface area contributed by atoms with Gasteiger partial charge in [-0.2, -0.15) is 0 Å². The quantitative estimate of drug-likeness (QED) is 0.626. The van der Waals surface area contributed by atoms with Gasteiger partial charge >= 0.3 is 0 Å². The number of hydrogen-bond acceptors (Lipinski definition) is 3. The SMILES string of the molecule is COC=C1CC2CCCC(C1)S2(=O)=O. The second kappa shape index (κ2) is 3.57. The van der Waals surface area contributed by atoms with Gasteiger partial charge in [-0.05, 0) is 31.3 Å². The molecule has 2 unspecified atom stereocenters. The van der Waals surface area contributed by atoms with Crippen molar-refractivity contribution in [3.05, 3.63) is 11.8 Å². The van der Waals surface area contributed by atoms with Gasteiger partial charge in [-0.1, -0.05) is 6.42 Å². The van der Waals surface area contributed by atoms with Crippen LogP contribution in [0.5, 0.6) is 0 Å². The van der Waals surface area contributed by atoms with Gasteiger partial charge in [0.2, 0.25) is 0 Å². The van der Waals surface area contributed by atoms with Gasteiger partial charge in [-0.15, -0.1) is 0 Å². The van der Waals surface area contributed by atoms with Gasteiger partial charge in [0.1, 0.15) is 0 Å². The summed E-state index contributed by atoms with van der Waals surface area (Å²) in [5, 5.41) is -0.257. The summed E-state index contributed by atoms with van der Waals surface area (Å²) in [4.78, 5) is 0. The highest BCUT2D eigenvalue weighted by atomic mass is 32.2. The van der Waals surface area contributed by atoms with Crippen molar-refractivity contribution in [1.82, 2.24) is 0 Å². The summed E-state index contributed by atoms with van der Waals surface area (Å²) in [5.41, 5.74) is 1.16. The number of allylic oxidation sites excluding steroid dienone is 1. The van der Waals surface area contributed by atoms with Crippen molar-refractivity contribution in [3.8, 4) is 0 Å². The van der Waals surface area contributed by atoms with Gasteiger partial charge in [0, 0.05) is 0 Å². The average Bonchev–Trinajstić information content (AvgIpc) is 2.06. The lowest BCUT2D eigenvalue weighted by Crippen LogP contribution is -2.40. The highest BCUT2D eigenvalue weighted by Gasteiger charge is 2.42. The fourth-order valence-corrected chi connectivity index (χ4v) is 4.97. The van der Waals surface area contributed by atoms with Crippen LogP contribution in [0.4, 0.5) is 0 Å². The molecule has 2 fully saturated rings. The van der Waals surface area contributed by atoms with Crippen LogP contribution in [0.15, 0.2) is 11.8 Å². The summed E-state index contributed by atoms with van der Waals surface area (Å²) in [6, 6.07) is 0. The third-order valence-corrected chi connectivity index (χ3v) is 5.91. The van der Waals surface area contributed by atoms with E-state index in [1.54, 1.807) is 13.4 Å². The molecule has 0 radical (unpaired) electrons. The molecule has 2 saturated heterocycles. The molecule has 0 N–H and O–H groups in total. The number of methoxy groups -OCH3 is 1. The molecule has 14 heavy (non-hydrogen) atoms. The zero-order valence-electron chi connectivity index (χ0n) is 8.40. The summed E-state index contributed by atoms with van der Waals surface area (Å²) in [6.45, 7) is 0. The fraction of sp³-hybridized carbons (Fsp3) is 0.800. The Morgan fingerprint density at radius 2 is 1.86 bits per heavy atom. The van der Waals surface area contributed by atoms with Crippen molar-refractivity contribution < 1.29 is 13.2 Å². The minimum Gasteiger partial charge on any atom is -0.504 e. The Morgan fingerprint density at radius 1 is 1.29 bits per heavy atom. The van der Waals surface area contributed by atoms with Crippen LogP contribution in [-0.4, -0.2) is 26.0 Å². The van der Waals surface area contributed by atoms with Crippen molar-refractivity contribution in [2.75, 3.05) is 7.11 Å². The second-order valence-electron chi connectivity index (χ2n) is 4.18. The van der Waals surface area contributed by atoms with Gasteiger partial charge in [-0.25, -0.2) is 8.42 Å². The lowest BCUT2D eigenvalue weighted by atomic mass is 9.95. The van der Waals surface area contributed by atoms with Crippen LogP contribution in [-0.2, 0) is 14.6 Å². The molecular formula is C10H16O3S. The maximum atomic E-state index is 11.9. The number of hydrogen-bond donors (Lipinski definition) is 0. The molecule has 4 heteroatoms. The third kappa shape index (κ3) is 1.56. The number of fused-ring (bicyclic) bond motifs is 2. The standard InChI is InChI=1S/C10H16O3S/c1-13-7-8-5-9-3-2-4-10(6-8)14(9,11)12/h7,9-10H,2-6H2,1H3. The lowest BCUT2D eigenvalue weighted by molar-refractivity contribution is 0.327. The van der Waals surface area contributed by atoms with Crippen molar-refractivity contribution >= 4 is 9.84 Å². The third-order valence-electron chi connectivity index (χ3n) is 3.25. The predicted octanol–water partition coefficient (Wildman–Crippen LogP) is 1.65. The van der Waals surface area contributed by atoms with E-state index in [4.69, 9.17) is 4.74 Å². The van der Waals surface area contributed by atoms with E-state index in [1.807, 2.05) is 0 Å². The first kappa shape index (κ1) is 10.0. The molecule has 0 amide bonds. The number of rotatable bonds is 1. The van der Waals surface area contributed by atoms with E-state index in [9.17, 15) is 8.42 Å². The maximum absolute atomic E-state index is 11.9. The van der Waals surface area contributed by atoms with Crippen LogP contribution >= 0.6 is 0 Å². The minimum atomic E-state index is -2.81. The zero-order valence-corrected chi connectivity index (χ0v) is 9.22. The molecule has 0 spiro atoms. The molecule has 2 rings (SSSR count). The molecule has 80 valence electrons. The molecule has 2 bridgehead atoms. The van der Waals surface area contributed by atoms with E-state index < -0.39 is 9.84 Å². The highest BCUT2D eigenvalue weighted by Crippen LogP contribution is 2.38. The first-order valence-corrected chi connectivity index (χ1v) is 6.69. The number of ether oxygens (including phenoxy) is 1. The summed E-state index contributed by atoms with van der Waals surface area (Å²) < 4.78 is 28.7.